The van der Waals surface area contributed by atoms with Crippen molar-refractivity contribution in [1.29, 1.82) is 0 Å². The summed E-state index contributed by atoms with van der Waals surface area (Å²) in [7, 11) is -2.14. The molecule has 3 heterocycles. The number of benzene rings is 1. The molecule has 29 heavy (non-hydrogen) atoms. The summed E-state index contributed by atoms with van der Waals surface area (Å²) >= 11 is 0. The Morgan fingerprint density at radius 1 is 1.21 bits per heavy atom. The molecule has 0 N–H and O–H groups in total. The molecule has 156 valence electrons. The number of anilines is 1. The number of fused-ring (bicyclic) bond motifs is 1. The number of hydrogen-bond acceptors (Lipinski definition) is 7. The largest absolute Gasteiger partial charge is 0.495 e. The van der Waals surface area contributed by atoms with Crippen LogP contribution in [0.15, 0.2) is 27.6 Å². The zero-order valence-electron chi connectivity index (χ0n) is 16.5. The molecule has 0 radical (unpaired) electrons. The van der Waals surface area contributed by atoms with Gasteiger partial charge >= 0.3 is 6.09 Å². The van der Waals surface area contributed by atoms with E-state index in [1.165, 1.54) is 4.31 Å². The van der Waals surface area contributed by atoms with Crippen molar-refractivity contribution in [2.75, 3.05) is 25.1 Å². The molecular weight excluding hydrogens is 398 g/mol. The van der Waals surface area contributed by atoms with E-state index in [1.54, 1.807) is 25.9 Å². The summed E-state index contributed by atoms with van der Waals surface area (Å²) in [5, 5.41) is 3.76. The second-order valence-electron chi connectivity index (χ2n) is 7.18. The lowest BCUT2D eigenvalue weighted by Gasteiger charge is -2.40. The van der Waals surface area contributed by atoms with Gasteiger partial charge in [0.05, 0.1) is 12.8 Å². The quantitative estimate of drug-likeness (QED) is 0.748. The van der Waals surface area contributed by atoms with Gasteiger partial charge in [0.15, 0.2) is 5.76 Å². The van der Waals surface area contributed by atoms with Gasteiger partial charge in [0.25, 0.3) is 0 Å². The Morgan fingerprint density at radius 2 is 1.93 bits per heavy atom. The second kappa shape index (κ2) is 7.34. The van der Waals surface area contributed by atoms with Crippen LogP contribution in [0.4, 0.5) is 10.5 Å². The van der Waals surface area contributed by atoms with Crippen LogP contribution >= 0.6 is 0 Å². The number of carbonyl (C=O) groups excluding carboxylic acids is 1. The van der Waals surface area contributed by atoms with E-state index in [0.717, 1.165) is 5.56 Å². The van der Waals surface area contributed by atoms with Crippen molar-refractivity contribution >= 4 is 21.8 Å². The van der Waals surface area contributed by atoms with Crippen molar-refractivity contribution in [1.82, 2.24) is 9.46 Å². The number of para-hydroxylation sites is 1. The number of rotatable bonds is 4. The number of carbonyl (C=O) groups is 1. The molecule has 0 spiro atoms. The van der Waals surface area contributed by atoms with E-state index >= 15 is 0 Å². The predicted octanol–water partition coefficient (Wildman–Crippen LogP) is 2.61. The molecule has 0 bridgehead atoms. The third-order valence-electron chi connectivity index (χ3n) is 5.45. The average Bonchev–Trinajstić information content (AvgIpc) is 3.06. The molecule has 0 saturated carbocycles. The summed E-state index contributed by atoms with van der Waals surface area (Å²) in [5.41, 5.74) is 1.93. The number of cyclic esters (lactones) is 1. The number of methoxy groups -OCH3 is 1. The first kappa shape index (κ1) is 19.7. The van der Waals surface area contributed by atoms with Crippen molar-refractivity contribution in [2.45, 2.75) is 44.2 Å². The molecule has 0 aliphatic carbocycles. The van der Waals surface area contributed by atoms with E-state index in [2.05, 4.69) is 5.16 Å². The fourth-order valence-electron chi connectivity index (χ4n) is 4.07. The number of ether oxygens (including phenoxy) is 2. The molecule has 1 aromatic heterocycles. The maximum Gasteiger partial charge on any atom is 0.415 e. The summed E-state index contributed by atoms with van der Waals surface area (Å²) in [4.78, 5) is 14.3. The molecule has 1 saturated heterocycles. The fraction of sp³-hybridized carbons (Fsp3) is 0.474. The topological polar surface area (TPSA) is 102 Å². The number of hydrogen-bond donors (Lipinski definition) is 0. The summed E-state index contributed by atoms with van der Waals surface area (Å²) in [6.45, 7) is 3.97. The highest BCUT2D eigenvalue weighted by atomic mass is 32.2. The van der Waals surface area contributed by atoms with Crippen LogP contribution in [0.2, 0.25) is 0 Å². The van der Waals surface area contributed by atoms with E-state index < -0.39 is 16.1 Å². The van der Waals surface area contributed by atoms with Gasteiger partial charge in [0.1, 0.15) is 22.9 Å². The van der Waals surface area contributed by atoms with Gasteiger partial charge in [0, 0.05) is 24.7 Å². The lowest BCUT2D eigenvalue weighted by Crippen LogP contribution is -2.50. The third-order valence-corrected chi connectivity index (χ3v) is 7.59. The lowest BCUT2D eigenvalue weighted by molar-refractivity contribution is 0.135. The first-order valence-electron chi connectivity index (χ1n) is 9.39. The molecular formula is C19H23N3O6S. The van der Waals surface area contributed by atoms with Crippen molar-refractivity contribution in [3.63, 3.8) is 0 Å². The Morgan fingerprint density at radius 3 is 2.55 bits per heavy atom. The second-order valence-corrected chi connectivity index (χ2v) is 9.06. The van der Waals surface area contributed by atoms with E-state index in [0.29, 0.717) is 30.0 Å². The Labute approximate surface area is 169 Å². The maximum absolute atomic E-state index is 13.0. The molecule has 10 heteroatoms. The zero-order chi connectivity index (χ0) is 20.8. The zero-order valence-corrected chi connectivity index (χ0v) is 17.4. The van der Waals surface area contributed by atoms with Crippen molar-refractivity contribution < 1.29 is 27.2 Å². The minimum absolute atomic E-state index is 0.125. The molecule has 2 aromatic rings. The summed E-state index contributed by atoms with van der Waals surface area (Å²) in [6, 6.07) is 5.37. The summed E-state index contributed by atoms with van der Waals surface area (Å²) in [5.74, 6) is 0.882. The lowest BCUT2D eigenvalue weighted by atomic mass is 10.0. The van der Waals surface area contributed by atoms with Gasteiger partial charge in [-0.15, -0.1) is 0 Å². The molecule has 2 aliphatic rings. The molecule has 1 aromatic carbocycles. The SMILES string of the molecule is COc1cccc2c1N(C1CCN(S(=O)(=O)c3c(C)noc3C)CC1)C(=O)OC2. The van der Waals surface area contributed by atoms with Gasteiger partial charge in [-0.3, -0.25) is 4.90 Å². The highest BCUT2D eigenvalue weighted by Crippen LogP contribution is 2.39. The Bertz CT molecular complexity index is 1010. The van der Waals surface area contributed by atoms with Gasteiger partial charge in [-0.2, -0.15) is 4.31 Å². The molecule has 9 nitrogen and oxygen atoms in total. The smallest absolute Gasteiger partial charge is 0.415 e. The standard InChI is InChI=1S/C19H23N3O6S/c1-12-18(13(2)28-20-12)29(24,25)21-9-7-15(8-10-21)22-17-14(11-27-19(22)23)5-4-6-16(17)26-3/h4-6,15H,7-11H2,1-3H3. The highest BCUT2D eigenvalue weighted by molar-refractivity contribution is 7.89. The van der Waals surface area contributed by atoms with Crippen LogP contribution in [0.5, 0.6) is 5.75 Å². The van der Waals surface area contributed by atoms with E-state index in [1.807, 2.05) is 18.2 Å². The number of aryl methyl sites for hydroxylation is 2. The molecule has 4 rings (SSSR count). The minimum Gasteiger partial charge on any atom is -0.495 e. The molecule has 1 amide bonds. The normalized spacial score (nSPS) is 18.4. The predicted molar refractivity (Wildman–Crippen MR) is 103 cm³/mol. The van der Waals surface area contributed by atoms with Crippen molar-refractivity contribution in [3.05, 3.63) is 35.2 Å². The van der Waals surface area contributed by atoms with Crippen molar-refractivity contribution in [2.24, 2.45) is 0 Å². The van der Waals surface area contributed by atoms with Gasteiger partial charge in [-0.05, 0) is 32.8 Å². The van der Waals surface area contributed by atoms with Crippen LogP contribution in [0.25, 0.3) is 0 Å². The van der Waals surface area contributed by atoms with Crippen molar-refractivity contribution in [3.8, 4) is 5.75 Å². The van der Waals surface area contributed by atoms with Gasteiger partial charge in [-0.1, -0.05) is 17.3 Å². The van der Waals surface area contributed by atoms with Gasteiger partial charge in [0.2, 0.25) is 10.0 Å². The third kappa shape index (κ3) is 3.25. The van der Waals surface area contributed by atoms with Crippen LogP contribution in [0.1, 0.15) is 29.9 Å². The number of piperidine rings is 1. The Kier molecular flexibility index (Phi) is 4.99. The van der Waals surface area contributed by atoms with E-state index in [-0.39, 0.29) is 36.4 Å². The summed E-state index contributed by atoms with van der Waals surface area (Å²) < 4.78 is 43.3. The molecule has 1 fully saturated rings. The molecule has 2 aliphatic heterocycles. The Hall–Kier alpha value is -2.59. The number of amides is 1. The first-order chi connectivity index (χ1) is 13.8. The fourth-order valence-corrected chi connectivity index (χ4v) is 5.83. The van der Waals surface area contributed by atoms with Crippen LogP contribution in [0.3, 0.4) is 0 Å². The summed E-state index contributed by atoms with van der Waals surface area (Å²) in [6.07, 6.45) is 0.527. The first-order valence-corrected chi connectivity index (χ1v) is 10.8. The number of sulfonamides is 1. The van der Waals surface area contributed by atoms with Gasteiger partial charge < -0.3 is 14.0 Å². The monoisotopic (exact) mass is 421 g/mol. The minimum atomic E-state index is -3.70. The Balaban J connectivity index is 1.58. The molecule has 0 unspecified atom stereocenters. The van der Waals surface area contributed by atoms with Crippen LogP contribution in [-0.4, -0.2) is 50.2 Å². The maximum atomic E-state index is 13.0. The van der Waals surface area contributed by atoms with E-state index in [4.69, 9.17) is 14.0 Å². The van der Waals surface area contributed by atoms with E-state index in [9.17, 15) is 13.2 Å². The molecule has 0 atom stereocenters. The van der Waals surface area contributed by atoms with Gasteiger partial charge in [-0.25, -0.2) is 13.2 Å². The number of aromatic nitrogens is 1. The highest BCUT2D eigenvalue weighted by Gasteiger charge is 2.39. The number of nitrogens with zero attached hydrogens (tertiary/aromatic N) is 3. The average molecular weight is 421 g/mol. The van der Waals surface area contributed by atoms with Crippen LogP contribution in [0, 0.1) is 13.8 Å². The van der Waals surface area contributed by atoms with Crippen LogP contribution in [-0.2, 0) is 21.4 Å². The van der Waals surface area contributed by atoms with Crippen LogP contribution < -0.4 is 9.64 Å².